The normalized spacial score (nSPS) is 13.2. The predicted molar refractivity (Wildman–Crippen MR) is 212 cm³/mol. The first-order chi connectivity index (χ1) is 27.1. The van der Waals surface area contributed by atoms with E-state index in [0.717, 1.165) is 38.5 Å². The standard InChI is InChI=1S/2C20H36FN2O.C4H4O4/c2*1-2-3-4-5-6-7-8-9-12-19(21)13-10-14-20(24)17-23-16-11-15-22-18-23;5-3(6)1-2-4(7)8/h2*11,15-16,18-20,24H,2-10,12-14,17H2,1H3;1-2H,(H,5,6)(H,7,8)/q2*+1;/p-2/b;;2-1+. The summed E-state index contributed by atoms with van der Waals surface area (Å²) in [5.74, 6) is -3.09. The van der Waals surface area contributed by atoms with E-state index < -0.39 is 36.5 Å². The molecule has 0 saturated carbocycles. The van der Waals surface area contributed by atoms with Gasteiger partial charge >= 0.3 is 0 Å². The second kappa shape index (κ2) is 38.5. The second-order valence-electron chi connectivity index (χ2n) is 14.8. The average molecular weight is 793 g/mol. The van der Waals surface area contributed by atoms with Gasteiger partial charge in [-0.1, -0.05) is 127 Å². The molecule has 2 rings (SSSR count). The second-order valence-corrected chi connectivity index (χ2v) is 14.8. The molecule has 0 amide bonds. The van der Waals surface area contributed by atoms with Gasteiger partial charge in [0.15, 0.2) is 0 Å². The summed E-state index contributed by atoms with van der Waals surface area (Å²) in [6.07, 6.45) is 34.5. The van der Waals surface area contributed by atoms with Crippen molar-refractivity contribution in [3.8, 4) is 0 Å². The molecule has 0 aliphatic heterocycles. The van der Waals surface area contributed by atoms with Crippen LogP contribution in [-0.2, 0) is 22.7 Å². The fourth-order valence-corrected chi connectivity index (χ4v) is 6.18. The average Bonchev–Trinajstić information content (AvgIpc) is 3.17. The highest BCUT2D eigenvalue weighted by molar-refractivity contribution is 5.87. The van der Waals surface area contributed by atoms with Crippen molar-refractivity contribution in [1.29, 1.82) is 0 Å². The van der Waals surface area contributed by atoms with E-state index in [1.165, 1.54) is 77.0 Å². The maximum atomic E-state index is 13.9. The number of halogens is 2. The van der Waals surface area contributed by atoms with Crippen LogP contribution in [0.2, 0.25) is 0 Å². The quantitative estimate of drug-likeness (QED) is 0.0479. The van der Waals surface area contributed by atoms with Gasteiger partial charge in [-0.3, -0.25) is 0 Å². The number of carboxylic acids is 2. The molecule has 2 aromatic heterocycles. The van der Waals surface area contributed by atoms with Crippen molar-refractivity contribution < 1.29 is 47.9 Å². The highest BCUT2D eigenvalue weighted by Gasteiger charge is 2.13. The van der Waals surface area contributed by atoms with E-state index in [2.05, 4.69) is 23.8 Å². The Balaban J connectivity index is 0.000000905. The lowest BCUT2D eigenvalue weighted by atomic mass is 10.0. The number of aliphatic hydroxyl groups is 2. The number of carbonyl (C=O) groups is 2. The first kappa shape index (κ1) is 52.6. The minimum atomic E-state index is -1.55. The van der Waals surface area contributed by atoms with Crippen molar-refractivity contribution in [2.75, 3.05) is 0 Å². The fraction of sp³-hybridized carbons (Fsp3) is 0.727. The van der Waals surface area contributed by atoms with Crippen LogP contribution in [0.1, 0.15) is 168 Å². The number of unbranched alkanes of at least 4 members (excludes halogenated alkanes) is 14. The van der Waals surface area contributed by atoms with Gasteiger partial charge in [-0.25, -0.2) is 17.9 Å². The SMILES string of the molecule is CCCCCCCCCCC(F)CCCC(O)C[n+]1cccnc1.CCCCCCCCCCC(F)CCCC(O)C[n+]1cccnc1.O=C([O-])/C=C/C(=O)[O-]. The van der Waals surface area contributed by atoms with E-state index >= 15 is 0 Å². The molecule has 10 nitrogen and oxygen atoms in total. The van der Waals surface area contributed by atoms with Crippen LogP contribution in [0.5, 0.6) is 0 Å². The molecule has 2 N–H and O–H groups in total. The van der Waals surface area contributed by atoms with Crippen molar-refractivity contribution >= 4 is 11.9 Å². The zero-order chi connectivity index (χ0) is 41.5. The number of aliphatic hydroxyl groups excluding tert-OH is 2. The van der Waals surface area contributed by atoms with Gasteiger partial charge in [0.2, 0.25) is 0 Å². The lowest BCUT2D eigenvalue weighted by Crippen LogP contribution is -2.39. The summed E-state index contributed by atoms with van der Waals surface area (Å²) in [6.45, 7) is 5.53. The molecule has 0 bridgehead atoms. The van der Waals surface area contributed by atoms with Gasteiger partial charge in [-0.05, 0) is 63.5 Å². The number of carbonyl (C=O) groups excluding carboxylic acids is 2. The number of carboxylic acid groups (broad SMARTS) is 2. The van der Waals surface area contributed by atoms with Crippen LogP contribution < -0.4 is 19.3 Å². The zero-order valence-electron chi connectivity index (χ0n) is 34.5. The topological polar surface area (TPSA) is 154 Å². The molecule has 4 unspecified atom stereocenters. The maximum absolute atomic E-state index is 13.9. The smallest absolute Gasteiger partial charge is 0.286 e. The third-order valence-electron chi connectivity index (χ3n) is 9.38. The molecule has 0 fully saturated rings. The van der Waals surface area contributed by atoms with Gasteiger partial charge in [0.25, 0.3) is 12.7 Å². The Hall–Kier alpha value is -3.38. The number of nitrogens with zero attached hydrogens (tertiary/aromatic N) is 4. The molecule has 2 aromatic rings. The monoisotopic (exact) mass is 793 g/mol. The number of rotatable bonds is 32. The third kappa shape index (κ3) is 37.5. The minimum absolute atomic E-state index is 0.384. The van der Waals surface area contributed by atoms with Gasteiger partial charge in [0.05, 0.1) is 36.5 Å². The van der Waals surface area contributed by atoms with Gasteiger partial charge in [0.1, 0.15) is 37.8 Å². The molecular weight excluding hydrogens is 719 g/mol. The molecule has 56 heavy (non-hydrogen) atoms. The molecular formula is C44H74F2N4O6. The molecule has 0 aliphatic carbocycles. The largest absolute Gasteiger partial charge is 0.545 e. The van der Waals surface area contributed by atoms with Gasteiger partial charge in [0, 0.05) is 12.1 Å². The lowest BCUT2D eigenvalue weighted by molar-refractivity contribution is -0.706. The van der Waals surface area contributed by atoms with Crippen LogP contribution in [0.4, 0.5) is 8.78 Å². The Bertz CT molecular complexity index is 1110. The fourth-order valence-electron chi connectivity index (χ4n) is 6.18. The third-order valence-corrected chi connectivity index (χ3v) is 9.38. The molecule has 0 aliphatic rings. The van der Waals surface area contributed by atoms with Crippen molar-refractivity contribution in [3.05, 3.63) is 61.7 Å². The summed E-state index contributed by atoms with van der Waals surface area (Å²) < 4.78 is 31.4. The molecule has 320 valence electrons. The molecule has 0 radical (unpaired) electrons. The van der Waals surface area contributed by atoms with Crippen LogP contribution in [0, 0.1) is 0 Å². The van der Waals surface area contributed by atoms with Gasteiger partial charge in [-0.15, -0.1) is 0 Å². The molecule has 0 aromatic carbocycles. The minimum Gasteiger partial charge on any atom is -0.545 e. The molecule has 0 saturated heterocycles. The summed E-state index contributed by atoms with van der Waals surface area (Å²) in [5.41, 5.74) is 0. The van der Waals surface area contributed by atoms with Crippen LogP contribution >= 0.6 is 0 Å². The summed E-state index contributed by atoms with van der Waals surface area (Å²) in [7, 11) is 0. The highest BCUT2D eigenvalue weighted by atomic mass is 19.1. The zero-order valence-corrected chi connectivity index (χ0v) is 34.5. The summed E-state index contributed by atoms with van der Waals surface area (Å²) in [6, 6.07) is 3.68. The predicted octanol–water partition coefficient (Wildman–Crippen LogP) is 6.58. The Morgan fingerprint density at radius 2 is 0.875 bits per heavy atom. The number of hydrogen-bond donors (Lipinski definition) is 2. The molecule has 0 spiro atoms. The molecule has 2 heterocycles. The van der Waals surface area contributed by atoms with Crippen molar-refractivity contribution in [1.82, 2.24) is 9.97 Å². The number of hydrogen-bond acceptors (Lipinski definition) is 8. The number of alkyl halides is 2. The van der Waals surface area contributed by atoms with Crippen molar-refractivity contribution in [2.24, 2.45) is 0 Å². The van der Waals surface area contributed by atoms with E-state index in [9.17, 15) is 38.8 Å². The Kier molecular flexibility index (Phi) is 36.2. The number of aliphatic carboxylic acids is 2. The highest BCUT2D eigenvalue weighted by Crippen LogP contribution is 2.17. The van der Waals surface area contributed by atoms with Crippen LogP contribution in [0.15, 0.2) is 61.7 Å². The van der Waals surface area contributed by atoms with E-state index in [1.54, 1.807) is 25.0 Å². The summed E-state index contributed by atoms with van der Waals surface area (Å²) in [5, 5.41) is 38.8. The summed E-state index contributed by atoms with van der Waals surface area (Å²) in [4.78, 5) is 26.8. The summed E-state index contributed by atoms with van der Waals surface area (Å²) >= 11 is 0. The molecule has 12 heteroatoms. The van der Waals surface area contributed by atoms with E-state index in [-0.39, 0.29) is 0 Å². The Labute approximate surface area is 336 Å². The molecule has 4 atom stereocenters. The van der Waals surface area contributed by atoms with Gasteiger partial charge in [-0.2, -0.15) is 0 Å². The number of aromatic nitrogens is 4. The van der Waals surface area contributed by atoms with Gasteiger partial charge < -0.3 is 30.0 Å². The first-order valence-electron chi connectivity index (χ1n) is 21.4. The first-order valence-corrected chi connectivity index (χ1v) is 21.4. The van der Waals surface area contributed by atoms with E-state index in [1.807, 2.05) is 33.7 Å². The van der Waals surface area contributed by atoms with Crippen molar-refractivity contribution in [3.63, 3.8) is 0 Å². The maximum Gasteiger partial charge on any atom is 0.286 e. The van der Waals surface area contributed by atoms with Crippen LogP contribution in [-0.4, -0.2) is 56.7 Å². The Morgan fingerprint density at radius 1 is 0.554 bits per heavy atom. The van der Waals surface area contributed by atoms with Crippen LogP contribution in [0.3, 0.4) is 0 Å². The van der Waals surface area contributed by atoms with E-state index in [0.29, 0.717) is 63.8 Å². The van der Waals surface area contributed by atoms with Crippen molar-refractivity contribution in [2.45, 2.75) is 206 Å². The van der Waals surface area contributed by atoms with Crippen LogP contribution in [0.25, 0.3) is 0 Å². The lowest BCUT2D eigenvalue weighted by Gasteiger charge is -2.11. The Morgan fingerprint density at radius 3 is 1.18 bits per heavy atom. The van der Waals surface area contributed by atoms with E-state index in [4.69, 9.17) is 0 Å².